The Balaban J connectivity index is 1.64. The van der Waals surface area contributed by atoms with E-state index in [0.29, 0.717) is 24.4 Å². The predicted octanol–water partition coefficient (Wildman–Crippen LogP) is 2.77. The van der Waals surface area contributed by atoms with Crippen molar-refractivity contribution in [2.45, 2.75) is 19.4 Å². The predicted molar refractivity (Wildman–Crippen MR) is 119 cm³/mol. The second kappa shape index (κ2) is 11.4. The fraction of sp³-hybridized carbons (Fsp3) is 0.208. The number of hydrogen-bond donors (Lipinski definition) is 3. The molecule has 1 atom stereocenters. The van der Waals surface area contributed by atoms with Gasteiger partial charge in [-0.05, 0) is 48.9 Å². The van der Waals surface area contributed by atoms with Crippen molar-refractivity contribution in [2.75, 3.05) is 18.5 Å². The number of ether oxygens (including phenoxy) is 1. The van der Waals surface area contributed by atoms with E-state index in [1.54, 1.807) is 30.3 Å². The molecule has 1 aromatic heterocycles. The molecule has 0 saturated carbocycles. The Kier molecular flexibility index (Phi) is 8.02. The summed E-state index contributed by atoms with van der Waals surface area (Å²) in [5.74, 6) is -0.420. The van der Waals surface area contributed by atoms with Crippen LogP contribution in [0.3, 0.4) is 0 Å². The molecule has 3 aromatic rings. The topological polar surface area (TPSA) is 110 Å². The van der Waals surface area contributed by atoms with Gasteiger partial charge in [0.05, 0.1) is 6.26 Å². The van der Waals surface area contributed by atoms with Crippen LogP contribution in [0.5, 0.6) is 5.75 Å². The van der Waals surface area contributed by atoms with Crippen LogP contribution in [0.2, 0.25) is 0 Å². The van der Waals surface area contributed by atoms with Crippen LogP contribution < -0.4 is 20.7 Å². The lowest BCUT2D eigenvalue weighted by Gasteiger charge is -2.18. The molecule has 3 rings (SSSR count). The fourth-order valence-electron chi connectivity index (χ4n) is 2.96. The summed E-state index contributed by atoms with van der Waals surface area (Å²) in [6.45, 7) is 2.28. The average Bonchev–Trinajstić information content (AvgIpc) is 3.34. The quantitative estimate of drug-likeness (QED) is 0.454. The molecule has 1 unspecified atom stereocenters. The molecule has 2 aromatic carbocycles. The Morgan fingerprint density at radius 2 is 1.72 bits per heavy atom. The van der Waals surface area contributed by atoms with Crippen LogP contribution in [0.25, 0.3) is 0 Å². The van der Waals surface area contributed by atoms with Crippen LogP contribution in [0.4, 0.5) is 5.69 Å². The van der Waals surface area contributed by atoms with Crippen LogP contribution in [-0.4, -0.2) is 36.9 Å². The van der Waals surface area contributed by atoms with Gasteiger partial charge >= 0.3 is 0 Å². The molecule has 0 saturated heterocycles. The monoisotopic (exact) mass is 435 g/mol. The first kappa shape index (κ1) is 22.6. The number of nitrogens with one attached hydrogen (secondary N) is 3. The van der Waals surface area contributed by atoms with E-state index >= 15 is 0 Å². The highest BCUT2D eigenvalue weighted by Gasteiger charge is 2.23. The zero-order valence-corrected chi connectivity index (χ0v) is 17.7. The van der Waals surface area contributed by atoms with Gasteiger partial charge < -0.3 is 25.1 Å². The van der Waals surface area contributed by atoms with E-state index in [9.17, 15) is 14.4 Å². The number of amides is 3. The number of benzene rings is 2. The Hall–Kier alpha value is -4.07. The van der Waals surface area contributed by atoms with Gasteiger partial charge in [0, 0.05) is 18.7 Å². The lowest BCUT2D eigenvalue weighted by atomic mass is 10.0. The Bertz CT molecular complexity index is 1020. The van der Waals surface area contributed by atoms with Gasteiger partial charge in [-0.2, -0.15) is 0 Å². The van der Waals surface area contributed by atoms with Crippen molar-refractivity contribution in [1.82, 2.24) is 10.6 Å². The first-order valence-electron chi connectivity index (χ1n) is 10.2. The van der Waals surface area contributed by atoms with Gasteiger partial charge in [0.25, 0.3) is 11.8 Å². The van der Waals surface area contributed by atoms with Crippen LogP contribution in [0.15, 0.2) is 77.4 Å². The van der Waals surface area contributed by atoms with E-state index in [2.05, 4.69) is 16.0 Å². The van der Waals surface area contributed by atoms with Crippen molar-refractivity contribution >= 4 is 23.4 Å². The zero-order valence-electron chi connectivity index (χ0n) is 17.7. The molecule has 0 fully saturated rings. The maximum absolute atomic E-state index is 13.0. The largest absolute Gasteiger partial charge is 0.484 e. The third kappa shape index (κ3) is 6.73. The lowest BCUT2D eigenvalue weighted by molar-refractivity contribution is -0.123. The van der Waals surface area contributed by atoms with E-state index in [0.717, 1.165) is 5.56 Å². The summed E-state index contributed by atoms with van der Waals surface area (Å²) in [6, 6.07) is 18.4. The van der Waals surface area contributed by atoms with E-state index in [-0.39, 0.29) is 24.2 Å². The highest BCUT2D eigenvalue weighted by atomic mass is 16.5. The summed E-state index contributed by atoms with van der Waals surface area (Å²) in [4.78, 5) is 36.9. The van der Waals surface area contributed by atoms with Crippen molar-refractivity contribution in [2.24, 2.45) is 0 Å². The minimum absolute atomic E-state index is 0.0858. The number of likely N-dealkylation sites (N-methyl/N-ethyl adjacent to an activating group) is 1. The number of furan rings is 1. The number of carbonyl (C=O) groups is 3. The van der Waals surface area contributed by atoms with Gasteiger partial charge in [-0.15, -0.1) is 0 Å². The molecule has 0 aliphatic rings. The number of anilines is 1. The molecular weight excluding hydrogens is 410 g/mol. The zero-order chi connectivity index (χ0) is 22.8. The van der Waals surface area contributed by atoms with Crippen LogP contribution in [-0.2, 0) is 16.0 Å². The summed E-state index contributed by atoms with van der Waals surface area (Å²) in [5, 5.41) is 8.19. The molecule has 8 nitrogen and oxygen atoms in total. The molecule has 8 heteroatoms. The molecule has 3 amide bonds. The molecule has 0 aliphatic heterocycles. The summed E-state index contributed by atoms with van der Waals surface area (Å²) >= 11 is 0. The smallest absolute Gasteiger partial charge is 0.287 e. The normalized spacial score (nSPS) is 11.3. The van der Waals surface area contributed by atoms with Gasteiger partial charge in [0.15, 0.2) is 12.4 Å². The molecular formula is C24H25N3O5. The highest BCUT2D eigenvalue weighted by molar-refractivity contribution is 6.00. The molecule has 0 aliphatic carbocycles. The number of rotatable bonds is 10. The average molecular weight is 435 g/mol. The van der Waals surface area contributed by atoms with Crippen molar-refractivity contribution in [3.05, 3.63) is 84.3 Å². The lowest BCUT2D eigenvalue weighted by Crippen LogP contribution is -2.45. The summed E-state index contributed by atoms with van der Waals surface area (Å²) in [5.41, 5.74) is 1.44. The summed E-state index contributed by atoms with van der Waals surface area (Å²) in [7, 11) is 0. The van der Waals surface area contributed by atoms with Crippen molar-refractivity contribution in [3.63, 3.8) is 0 Å². The van der Waals surface area contributed by atoms with Gasteiger partial charge in [0.2, 0.25) is 5.91 Å². The van der Waals surface area contributed by atoms with Crippen molar-refractivity contribution < 1.29 is 23.5 Å². The van der Waals surface area contributed by atoms with E-state index in [1.807, 2.05) is 37.3 Å². The first-order chi connectivity index (χ1) is 15.5. The van der Waals surface area contributed by atoms with Gasteiger partial charge in [-0.3, -0.25) is 14.4 Å². The molecule has 1 heterocycles. The van der Waals surface area contributed by atoms with Crippen molar-refractivity contribution in [1.29, 1.82) is 0 Å². The highest BCUT2D eigenvalue weighted by Crippen LogP contribution is 2.16. The number of carbonyl (C=O) groups excluding carboxylic acids is 3. The molecule has 32 heavy (non-hydrogen) atoms. The van der Waals surface area contributed by atoms with Gasteiger partial charge in [-0.1, -0.05) is 30.3 Å². The first-order valence-corrected chi connectivity index (χ1v) is 10.2. The maximum atomic E-state index is 13.0. The third-order valence-electron chi connectivity index (χ3n) is 4.52. The Labute approximate surface area is 186 Å². The Morgan fingerprint density at radius 1 is 0.969 bits per heavy atom. The molecule has 166 valence electrons. The van der Waals surface area contributed by atoms with Gasteiger partial charge in [0.1, 0.15) is 11.8 Å². The Morgan fingerprint density at radius 3 is 2.38 bits per heavy atom. The summed E-state index contributed by atoms with van der Waals surface area (Å²) < 4.78 is 10.5. The number of hydrogen-bond acceptors (Lipinski definition) is 5. The molecule has 0 spiro atoms. The minimum atomic E-state index is -0.816. The second-order valence-electron chi connectivity index (χ2n) is 6.95. The van der Waals surface area contributed by atoms with Crippen LogP contribution in [0.1, 0.15) is 23.0 Å². The van der Waals surface area contributed by atoms with Crippen LogP contribution in [0, 0.1) is 0 Å². The van der Waals surface area contributed by atoms with E-state index in [1.165, 1.54) is 12.3 Å². The fourth-order valence-corrected chi connectivity index (χ4v) is 2.96. The van der Waals surface area contributed by atoms with E-state index in [4.69, 9.17) is 9.15 Å². The van der Waals surface area contributed by atoms with Crippen molar-refractivity contribution in [3.8, 4) is 5.75 Å². The molecule has 3 N–H and O–H groups in total. The second-order valence-corrected chi connectivity index (χ2v) is 6.95. The minimum Gasteiger partial charge on any atom is -0.484 e. The van der Waals surface area contributed by atoms with Crippen LogP contribution >= 0.6 is 0 Å². The maximum Gasteiger partial charge on any atom is 0.287 e. The third-order valence-corrected chi connectivity index (χ3v) is 4.52. The van der Waals surface area contributed by atoms with Gasteiger partial charge in [-0.25, -0.2) is 0 Å². The molecule has 0 radical (unpaired) electrons. The SMILES string of the molecule is CCNC(=O)COc1ccc(NC(=O)C(Cc2ccccc2)NC(=O)c2ccco2)cc1. The standard InChI is InChI=1S/C24H25N3O5/c1-2-25-22(28)16-32-19-12-10-18(11-13-19)26-23(29)20(15-17-7-4-3-5-8-17)27-24(30)21-9-6-14-31-21/h3-14,20H,2,15-16H2,1H3,(H,25,28)(H,26,29)(H,27,30). The molecule has 0 bridgehead atoms. The van der Waals surface area contributed by atoms with E-state index < -0.39 is 11.9 Å². The summed E-state index contributed by atoms with van der Waals surface area (Å²) in [6.07, 6.45) is 1.71.